The molecule has 1 fully saturated rings. The van der Waals surface area contributed by atoms with Gasteiger partial charge in [0.2, 0.25) is 10.0 Å². The minimum absolute atomic E-state index is 0.128. The van der Waals surface area contributed by atoms with Crippen LogP contribution in [0, 0.1) is 6.92 Å². The van der Waals surface area contributed by atoms with Gasteiger partial charge in [-0.05, 0) is 49.2 Å². The SMILES string of the molecule is COC(=O)c1cccc(S(=O)(=O)N2CCCN(Cc3ccccc3C)CC2)c1. The molecule has 0 atom stereocenters. The standard InChI is InChI=1S/C21H26N2O4S/c1-17-7-3-4-8-19(17)16-22-11-6-12-23(14-13-22)28(25,26)20-10-5-9-18(15-20)21(24)27-2/h3-5,7-10,15H,6,11-14,16H2,1-2H3. The predicted molar refractivity (Wildman–Crippen MR) is 108 cm³/mol. The molecule has 0 unspecified atom stereocenters. The van der Waals surface area contributed by atoms with Gasteiger partial charge in [-0.2, -0.15) is 4.31 Å². The minimum Gasteiger partial charge on any atom is -0.465 e. The van der Waals surface area contributed by atoms with Gasteiger partial charge in [0, 0.05) is 26.2 Å². The Morgan fingerprint density at radius 2 is 1.82 bits per heavy atom. The van der Waals surface area contributed by atoms with Crippen LogP contribution < -0.4 is 0 Å². The van der Waals surface area contributed by atoms with Crippen LogP contribution in [0.15, 0.2) is 53.4 Å². The molecular weight excluding hydrogens is 376 g/mol. The van der Waals surface area contributed by atoms with Crippen LogP contribution in [0.2, 0.25) is 0 Å². The Morgan fingerprint density at radius 1 is 1.04 bits per heavy atom. The average molecular weight is 403 g/mol. The van der Waals surface area contributed by atoms with E-state index in [0.29, 0.717) is 19.6 Å². The summed E-state index contributed by atoms with van der Waals surface area (Å²) in [6.07, 6.45) is 0.766. The Kier molecular flexibility index (Phi) is 6.49. The molecule has 0 spiro atoms. The predicted octanol–water partition coefficient (Wildman–Crippen LogP) is 2.68. The Morgan fingerprint density at radius 3 is 2.57 bits per heavy atom. The van der Waals surface area contributed by atoms with Gasteiger partial charge in [-0.25, -0.2) is 13.2 Å². The molecule has 28 heavy (non-hydrogen) atoms. The van der Waals surface area contributed by atoms with Crippen molar-refractivity contribution in [3.05, 3.63) is 65.2 Å². The lowest BCUT2D eigenvalue weighted by Crippen LogP contribution is -2.35. The topological polar surface area (TPSA) is 66.9 Å². The summed E-state index contributed by atoms with van der Waals surface area (Å²) in [5.74, 6) is -0.544. The van der Waals surface area contributed by atoms with Gasteiger partial charge in [0.15, 0.2) is 0 Å². The van der Waals surface area contributed by atoms with Gasteiger partial charge in [0.05, 0.1) is 17.6 Å². The van der Waals surface area contributed by atoms with E-state index in [1.807, 2.05) is 12.1 Å². The molecule has 1 aliphatic heterocycles. The number of esters is 1. The molecule has 7 heteroatoms. The molecule has 0 radical (unpaired) electrons. The summed E-state index contributed by atoms with van der Waals surface area (Å²) in [6.45, 7) is 5.33. The van der Waals surface area contributed by atoms with Gasteiger partial charge in [-0.15, -0.1) is 0 Å². The quantitative estimate of drug-likeness (QED) is 0.720. The van der Waals surface area contributed by atoms with Crippen LogP contribution in [-0.4, -0.2) is 56.9 Å². The van der Waals surface area contributed by atoms with Gasteiger partial charge in [-0.1, -0.05) is 30.3 Å². The van der Waals surface area contributed by atoms with Crippen LogP contribution in [0.3, 0.4) is 0 Å². The van der Waals surface area contributed by atoms with Crippen molar-refractivity contribution >= 4 is 16.0 Å². The Balaban J connectivity index is 1.72. The minimum atomic E-state index is -3.66. The molecule has 0 aromatic heterocycles. The molecule has 1 aliphatic rings. The summed E-state index contributed by atoms with van der Waals surface area (Å²) in [5, 5.41) is 0. The number of methoxy groups -OCH3 is 1. The van der Waals surface area contributed by atoms with Crippen molar-refractivity contribution in [1.82, 2.24) is 9.21 Å². The maximum absolute atomic E-state index is 13.1. The molecule has 2 aromatic rings. The lowest BCUT2D eigenvalue weighted by molar-refractivity contribution is 0.0600. The van der Waals surface area contributed by atoms with Gasteiger partial charge in [-0.3, -0.25) is 4.90 Å². The molecule has 6 nitrogen and oxygen atoms in total. The first-order chi connectivity index (χ1) is 13.4. The zero-order valence-corrected chi connectivity index (χ0v) is 17.1. The number of hydrogen-bond donors (Lipinski definition) is 0. The van der Waals surface area contributed by atoms with Crippen LogP contribution in [0.4, 0.5) is 0 Å². The molecular formula is C21H26N2O4S. The van der Waals surface area contributed by atoms with E-state index in [9.17, 15) is 13.2 Å². The third-order valence-corrected chi connectivity index (χ3v) is 6.99. The van der Waals surface area contributed by atoms with Crippen molar-refractivity contribution in [1.29, 1.82) is 0 Å². The molecule has 0 amide bonds. The summed E-state index contributed by atoms with van der Waals surface area (Å²) in [6, 6.07) is 14.3. The van der Waals surface area contributed by atoms with Crippen molar-refractivity contribution in [2.75, 3.05) is 33.3 Å². The van der Waals surface area contributed by atoms with E-state index in [0.717, 1.165) is 19.5 Å². The highest BCUT2D eigenvalue weighted by molar-refractivity contribution is 7.89. The maximum Gasteiger partial charge on any atom is 0.337 e. The number of benzene rings is 2. The van der Waals surface area contributed by atoms with E-state index >= 15 is 0 Å². The number of carbonyl (C=O) groups is 1. The van der Waals surface area contributed by atoms with Crippen molar-refractivity contribution in [3.8, 4) is 0 Å². The van der Waals surface area contributed by atoms with Crippen molar-refractivity contribution < 1.29 is 17.9 Å². The molecule has 0 aliphatic carbocycles. The maximum atomic E-state index is 13.1. The normalized spacial score (nSPS) is 16.5. The summed E-state index contributed by atoms with van der Waals surface area (Å²) in [5.41, 5.74) is 2.75. The zero-order chi connectivity index (χ0) is 20.1. The van der Waals surface area contributed by atoms with E-state index in [2.05, 4.69) is 24.0 Å². The molecule has 1 saturated heterocycles. The van der Waals surface area contributed by atoms with Crippen molar-refractivity contribution in [2.24, 2.45) is 0 Å². The Bertz CT molecular complexity index is 943. The van der Waals surface area contributed by atoms with Crippen LogP contribution >= 0.6 is 0 Å². The number of rotatable bonds is 5. The van der Waals surface area contributed by atoms with E-state index < -0.39 is 16.0 Å². The second-order valence-corrected chi connectivity index (χ2v) is 8.92. The fraction of sp³-hybridized carbons (Fsp3) is 0.381. The van der Waals surface area contributed by atoms with E-state index in [4.69, 9.17) is 4.74 Å². The molecule has 0 saturated carbocycles. The number of sulfonamides is 1. The molecule has 1 heterocycles. The summed E-state index contributed by atoms with van der Waals surface area (Å²) >= 11 is 0. The van der Waals surface area contributed by atoms with Gasteiger partial charge >= 0.3 is 5.97 Å². The second-order valence-electron chi connectivity index (χ2n) is 6.98. The van der Waals surface area contributed by atoms with E-state index in [-0.39, 0.29) is 10.5 Å². The van der Waals surface area contributed by atoms with Crippen molar-refractivity contribution in [3.63, 3.8) is 0 Å². The number of ether oxygens (including phenoxy) is 1. The molecule has 2 aromatic carbocycles. The second kappa shape index (κ2) is 8.86. The monoisotopic (exact) mass is 402 g/mol. The molecule has 3 rings (SSSR count). The third kappa shape index (κ3) is 4.60. The van der Waals surface area contributed by atoms with Gasteiger partial charge in [0.25, 0.3) is 0 Å². The lowest BCUT2D eigenvalue weighted by atomic mass is 10.1. The average Bonchev–Trinajstić information content (AvgIpc) is 2.95. The van der Waals surface area contributed by atoms with Crippen LogP contribution in [0.5, 0.6) is 0 Å². The highest BCUT2D eigenvalue weighted by Gasteiger charge is 2.27. The molecule has 0 N–H and O–H groups in total. The highest BCUT2D eigenvalue weighted by Crippen LogP contribution is 2.20. The fourth-order valence-electron chi connectivity index (χ4n) is 3.42. The number of carbonyl (C=O) groups excluding carboxylic acids is 1. The first-order valence-corrected chi connectivity index (χ1v) is 10.8. The number of hydrogen-bond acceptors (Lipinski definition) is 5. The number of nitrogens with zero attached hydrogens (tertiary/aromatic N) is 2. The fourth-order valence-corrected chi connectivity index (χ4v) is 4.94. The third-order valence-electron chi connectivity index (χ3n) is 5.10. The van der Waals surface area contributed by atoms with Crippen LogP contribution in [-0.2, 0) is 21.3 Å². The van der Waals surface area contributed by atoms with Crippen LogP contribution in [0.1, 0.15) is 27.9 Å². The van der Waals surface area contributed by atoms with Crippen molar-refractivity contribution in [2.45, 2.75) is 24.8 Å². The summed E-state index contributed by atoms with van der Waals surface area (Å²) in [7, 11) is -2.38. The first kappa shape index (κ1) is 20.5. The largest absolute Gasteiger partial charge is 0.465 e. The van der Waals surface area contributed by atoms with Gasteiger partial charge < -0.3 is 4.74 Å². The number of aryl methyl sites for hydroxylation is 1. The smallest absolute Gasteiger partial charge is 0.337 e. The van der Waals surface area contributed by atoms with E-state index in [1.54, 1.807) is 12.1 Å². The Hall–Kier alpha value is -2.22. The molecule has 150 valence electrons. The Labute approximate surface area is 166 Å². The molecule has 0 bridgehead atoms. The zero-order valence-electron chi connectivity index (χ0n) is 16.3. The first-order valence-electron chi connectivity index (χ1n) is 9.37. The van der Waals surface area contributed by atoms with Crippen LogP contribution in [0.25, 0.3) is 0 Å². The van der Waals surface area contributed by atoms with E-state index in [1.165, 1.54) is 34.7 Å². The lowest BCUT2D eigenvalue weighted by Gasteiger charge is -2.22. The summed E-state index contributed by atoms with van der Waals surface area (Å²) < 4.78 is 32.4. The van der Waals surface area contributed by atoms with Gasteiger partial charge in [0.1, 0.15) is 0 Å². The highest BCUT2D eigenvalue weighted by atomic mass is 32.2. The summed E-state index contributed by atoms with van der Waals surface area (Å²) in [4.78, 5) is 14.2.